The average molecular weight is 420 g/mol. The molecular weight excluding hydrogens is 412 g/mol. The Labute approximate surface area is 126 Å². The van der Waals surface area contributed by atoms with Gasteiger partial charge in [-0.1, -0.05) is 12.1 Å². The van der Waals surface area contributed by atoms with E-state index in [0.29, 0.717) is 10.0 Å². The molecule has 2 aromatic rings. The summed E-state index contributed by atoms with van der Waals surface area (Å²) in [5.74, 6) is -0.793. The van der Waals surface area contributed by atoms with Crippen molar-refractivity contribution in [3.05, 3.63) is 61.9 Å². The third-order valence-corrected chi connectivity index (χ3v) is 3.66. The molecule has 0 saturated carbocycles. The van der Waals surface area contributed by atoms with E-state index in [1.807, 2.05) is 6.07 Å². The first-order chi connectivity index (χ1) is 8.58. The molecule has 5 heteroatoms. The molecule has 2 aromatic carbocycles. The van der Waals surface area contributed by atoms with Gasteiger partial charge in [0.05, 0.1) is 11.3 Å². The Morgan fingerprint density at radius 2 is 1.94 bits per heavy atom. The molecule has 2 nitrogen and oxygen atoms in total. The molecule has 0 aromatic heterocycles. The van der Waals surface area contributed by atoms with E-state index in [1.54, 1.807) is 24.3 Å². The zero-order valence-electron chi connectivity index (χ0n) is 9.08. The first kappa shape index (κ1) is 13.5. The summed E-state index contributed by atoms with van der Waals surface area (Å²) in [6.07, 6.45) is 0. The van der Waals surface area contributed by atoms with Crippen LogP contribution in [-0.4, -0.2) is 5.91 Å². The third-order valence-electron chi connectivity index (χ3n) is 2.30. The quantitative estimate of drug-likeness (QED) is 0.716. The van der Waals surface area contributed by atoms with Gasteiger partial charge in [0.15, 0.2) is 0 Å². The van der Waals surface area contributed by atoms with Gasteiger partial charge in [-0.05, 0) is 68.9 Å². The van der Waals surface area contributed by atoms with Crippen LogP contribution in [0.15, 0.2) is 46.9 Å². The van der Waals surface area contributed by atoms with E-state index in [4.69, 9.17) is 0 Å². The van der Waals surface area contributed by atoms with Crippen molar-refractivity contribution in [2.75, 3.05) is 5.32 Å². The van der Waals surface area contributed by atoms with Crippen molar-refractivity contribution in [3.8, 4) is 0 Å². The van der Waals surface area contributed by atoms with Crippen LogP contribution in [0.5, 0.6) is 0 Å². The lowest BCUT2D eigenvalue weighted by Gasteiger charge is -2.08. The molecule has 92 valence electrons. The second-order valence-electron chi connectivity index (χ2n) is 3.56. The minimum absolute atomic E-state index is 0.174. The molecule has 2 rings (SSSR count). The highest BCUT2D eigenvalue weighted by Crippen LogP contribution is 2.21. The van der Waals surface area contributed by atoms with Gasteiger partial charge in [-0.15, -0.1) is 0 Å². The van der Waals surface area contributed by atoms with Crippen LogP contribution in [0.4, 0.5) is 10.1 Å². The highest BCUT2D eigenvalue weighted by atomic mass is 127. The van der Waals surface area contributed by atoms with E-state index >= 15 is 0 Å². The minimum Gasteiger partial charge on any atom is -0.319 e. The van der Waals surface area contributed by atoms with Gasteiger partial charge in [-0.2, -0.15) is 0 Å². The van der Waals surface area contributed by atoms with Gasteiger partial charge in [0.2, 0.25) is 0 Å². The van der Waals surface area contributed by atoms with E-state index in [1.165, 1.54) is 12.1 Å². The number of amides is 1. The molecule has 1 N–H and O–H groups in total. The van der Waals surface area contributed by atoms with Crippen molar-refractivity contribution in [2.24, 2.45) is 0 Å². The van der Waals surface area contributed by atoms with E-state index in [2.05, 4.69) is 43.8 Å². The molecule has 0 heterocycles. The second-order valence-corrected chi connectivity index (χ2v) is 5.66. The Morgan fingerprint density at radius 3 is 2.67 bits per heavy atom. The number of carbonyl (C=O) groups is 1. The van der Waals surface area contributed by atoms with Crippen LogP contribution in [-0.2, 0) is 0 Å². The number of halogens is 3. The lowest BCUT2D eigenvalue weighted by Crippen LogP contribution is -2.13. The molecule has 0 radical (unpaired) electrons. The van der Waals surface area contributed by atoms with Crippen molar-refractivity contribution in [1.82, 2.24) is 0 Å². The Bertz CT molecular complexity index is 603. The van der Waals surface area contributed by atoms with Crippen molar-refractivity contribution in [1.29, 1.82) is 0 Å². The van der Waals surface area contributed by atoms with E-state index in [9.17, 15) is 9.18 Å². The van der Waals surface area contributed by atoms with E-state index in [-0.39, 0.29) is 11.6 Å². The van der Waals surface area contributed by atoms with Crippen LogP contribution in [0.2, 0.25) is 0 Å². The normalized spacial score (nSPS) is 10.2. The average Bonchev–Trinajstić information content (AvgIpc) is 2.35. The minimum atomic E-state index is -0.451. The summed E-state index contributed by atoms with van der Waals surface area (Å²) in [6, 6.07) is 11.5. The molecule has 0 aliphatic heterocycles. The number of benzene rings is 2. The van der Waals surface area contributed by atoms with Crippen LogP contribution in [0.1, 0.15) is 10.4 Å². The fraction of sp³-hybridized carbons (Fsp3) is 0. The highest BCUT2D eigenvalue weighted by molar-refractivity contribution is 14.1. The summed E-state index contributed by atoms with van der Waals surface area (Å²) in [5.41, 5.74) is 0.651. The molecule has 0 bridgehead atoms. The Kier molecular flexibility index (Phi) is 4.34. The molecule has 1 amide bonds. The van der Waals surface area contributed by atoms with Crippen LogP contribution in [0.3, 0.4) is 0 Å². The first-order valence-corrected chi connectivity index (χ1v) is 6.96. The third kappa shape index (κ3) is 3.08. The number of hydrogen-bond donors (Lipinski definition) is 1. The standard InChI is InChI=1S/C13H8BrFINO/c14-10-6-5-8(16)7-9(10)13(18)17-12-4-2-1-3-11(12)15/h1-7H,(H,17,18). The molecular formula is C13H8BrFINO. The Hall–Kier alpha value is -0.950. The maximum Gasteiger partial charge on any atom is 0.256 e. The predicted octanol–water partition coefficient (Wildman–Crippen LogP) is 4.45. The molecule has 0 spiro atoms. The Balaban J connectivity index is 2.28. The van der Waals surface area contributed by atoms with Gasteiger partial charge in [0.25, 0.3) is 5.91 Å². The maximum atomic E-state index is 13.4. The van der Waals surface area contributed by atoms with Gasteiger partial charge >= 0.3 is 0 Å². The van der Waals surface area contributed by atoms with Gasteiger partial charge in [-0.3, -0.25) is 4.79 Å². The largest absolute Gasteiger partial charge is 0.319 e. The number of nitrogens with one attached hydrogen (secondary N) is 1. The van der Waals surface area contributed by atoms with Crippen molar-refractivity contribution < 1.29 is 9.18 Å². The van der Waals surface area contributed by atoms with Crippen molar-refractivity contribution >= 4 is 50.1 Å². The zero-order valence-corrected chi connectivity index (χ0v) is 12.8. The zero-order chi connectivity index (χ0) is 13.1. The lowest BCUT2D eigenvalue weighted by atomic mass is 10.2. The fourth-order valence-electron chi connectivity index (χ4n) is 1.42. The molecule has 0 saturated heterocycles. The first-order valence-electron chi connectivity index (χ1n) is 5.09. The lowest BCUT2D eigenvalue weighted by molar-refractivity contribution is 0.102. The van der Waals surface area contributed by atoms with Crippen LogP contribution >= 0.6 is 38.5 Å². The highest BCUT2D eigenvalue weighted by Gasteiger charge is 2.12. The molecule has 0 fully saturated rings. The van der Waals surface area contributed by atoms with Gasteiger partial charge in [0.1, 0.15) is 5.82 Å². The van der Waals surface area contributed by atoms with Crippen LogP contribution < -0.4 is 5.32 Å². The van der Waals surface area contributed by atoms with E-state index in [0.717, 1.165) is 3.57 Å². The smallest absolute Gasteiger partial charge is 0.256 e. The predicted molar refractivity (Wildman–Crippen MR) is 81.2 cm³/mol. The molecule has 0 aliphatic carbocycles. The number of carbonyl (C=O) groups excluding carboxylic acids is 1. The van der Waals surface area contributed by atoms with Gasteiger partial charge < -0.3 is 5.32 Å². The summed E-state index contributed by atoms with van der Waals surface area (Å²) >= 11 is 5.42. The van der Waals surface area contributed by atoms with Crippen LogP contribution in [0.25, 0.3) is 0 Å². The Morgan fingerprint density at radius 1 is 1.22 bits per heavy atom. The molecule has 0 atom stereocenters. The van der Waals surface area contributed by atoms with Gasteiger partial charge in [-0.25, -0.2) is 4.39 Å². The number of rotatable bonds is 2. The topological polar surface area (TPSA) is 29.1 Å². The number of anilines is 1. The number of para-hydroxylation sites is 1. The molecule has 0 aliphatic rings. The fourth-order valence-corrected chi connectivity index (χ4v) is 2.34. The van der Waals surface area contributed by atoms with Crippen LogP contribution in [0, 0.1) is 9.39 Å². The second kappa shape index (κ2) is 5.79. The maximum absolute atomic E-state index is 13.4. The molecule has 18 heavy (non-hydrogen) atoms. The monoisotopic (exact) mass is 419 g/mol. The summed E-state index contributed by atoms with van der Waals surface area (Å²) in [5, 5.41) is 2.55. The van der Waals surface area contributed by atoms with E-state index < -0.39 is 5.82 Å². The van der Waals surface area contributed by atoms with Crippen molar-refractivity contribution in [2.45, 2.75) is 0 Å². The molecule has 0 unspecified atom stereocenters. The summed E-state index contributed by atoms with van der Waals surface area (Å²) in [6.45, 7) is 0. The van der Waals surface area contributed by atoms with Gasteiger partial charge in [0, 0.05) is 8.04 Å². The van der Waals surface area contributed by atoms with Crippen molar-refractivity contribution in [3.63, 3.8) is 0 Å². The summed E-state index contributed by atoms with van der Waals surface area (Å²) < 4.78 is 15.0. The summed E-state index contributed by atoms with van der Waals surface area (Å²) in [7, 11) is 0. The SMILES string of the molecule is O=C(Nc1ccccc1F)c1cc(I)ccc1Br. The summed E-state index contributed by atoms with van der Waals surface area (Å²) in [4.78, 5) is 12.0. The number of hydrogen-bond acceptors (Lipinski definition) is 1.